The monoisotopic (exact) mass is 240 g/mol. The molecule has 1 heterocycles. The smallest absolute Gasteiger partial charge is 0.113 e. The molecule has 1 atom stereocenters. The summed E-state index contributed by atoms with van der Waals surface area (Å²) in [5.41, 5.74) is 1.21. The number of nitrogens with one attached hydrogen (secondary N) is 1. The topological polar surface area (TPSA) is 24.9 Å². The molecule has 1 rings (SSSR count). The van der Waals surface area contributed by atoms with Crippen LogP contribution in [0.5, 0.6) is 0 Å². The van der Waals surface area contributed by atoms with E-state index in [0.717, 1.165) is 6.42 Å². The van der Waals surface area contributed by atoms with Crippen LogP contribution >= 0.6 is 11.3 Å². The standard InChI is InChI=1S/C13H24N2S/c1-7-8-13(6,15-9(2)3)12-14-10(4)11(5)16-12/h9,15H,7-8H2,1-6H3. The Morgan fingerprint density at radius 1 is 1.38 bits per heavy atom. The van der Waals surface area contributed by atoms with Crippen LogP contribution in [0.25, 0.3) is 0 Å². The van der Waals surface area contributed by atoms with Gasteiger partial charge in [-0.2, -0.15) is 0 Å². The molecule has 0 saturated carbocycles. The average molecular weight is 240 g/mol. The first-order valence-corrected chi connectivity index (χ1v) is 6.93. The van der Waals surface area contributed by atoms with Crippen LogP contribution in [0, 0.1) is 13.8 Å². The molecule has 1 aromatic heterocycles. The number of nitrogens with zero attached hydrogens (tertiary/aromatic N) is 1. The number of aryl methyl sites for hydroxylation is 2. The SMILES string of the molecule is CCCC(C)(NC(C)C)c1nc(C)c(C)s1. The Balaban J connectivity index is 3.00. The lowest BCUT2D eigenvalue weighted by atomic mass is 9.96. The Labute approximate surface area is 103 Å². The largest absolute Gasteiger partial charge is 0.303 e. The lowest BCUT2D eigenvalue weighted by Crippen LogP contribution is -2.43. The van der Waals surface area contributed by atoms with Gasteiger partial charge in [0.1, 0.15) is 5.01 Å². The Morgan fingerprint density at radius 3 is 2.38 bits per heavy atom. The van der Waals surface area contributed by atoms with Gasteiger partial charge >= 0.3 is 0 Å². The van der Waals surface area contributed by atoms with Crippen LogP contribution in [-0.4, -0.2) is 11.0 Å². The quantitative estimate of drug-likeness (QED) is 0.847. The van der Waals surface area contributed by atoms with E-state index in [4.69, 9.17) is 4.98 Å². The van der Waals surface area contributed by atoms with E-state index in [-0.39, 0.29) is 5.54 Å². The molecule has 0 aromatic carbocycles. The van der Waals surface area contributed by atoms with E-state index in [9.17, 15) is 0 Å². The van der Waals surface area contributed by atoms with Gasteiger partial charge in [0, 0.05) is 10.9 Å². The van der Waals surface area contributed by atoms with E-state index in [1.165, 1.54) is 22.0 Å². The van der Waals surface area contributed by atoms with E-state index in [2.05, 4.69) is 46.9 Å². The maximum Gasteiger partial charge on any atom is 0.113 e. The third-order valence-corrected chi connectivity index (χ3v) is 4.19. The number of hydrogen-bond donors (Lipinski definition) is 1. The van der Waals surface area contributed by atoms with Crippen molar-refractivity contribution in [2.75, 3.05) is 0 Å². The summed E-state index contributed by atoms with van der Waals surface area (Å²) in [6, 6.07) is 0.487. The molecule has 3 heteroatoms. The van der Waals surface area contributed by atoms with Crippen molar-refractivity contribution in [2.24, 2.45) is 0 Å². The van der Waals surface area contributed by atoms with E-state index in [0.29, 0.717) is 6.04 Å². The van der Waals surface area contributed by atoms with E-state index >= 15 is 0 Å². The van der Waals surface area contributed by atoms with Gasteiger partial charge in [0.2, 0.25) is 0 Å². The van der Waals surface area contributed by atoms with Crippen molar-refractivity contribution in [3.05, 3.63) is 15.6 Å². The van der Waals surface area contributed by atoms with Crippen LogP contribution in [0.3, 0.4) is 0 Å². The number of rotatable bonds is 5. The summed E-state index contributed by atoms with van der Waals surface area (Å²) in [6.07, 6.45) is 2.31. The summed E-state index contributed by atoms with van der Waals surface area (Å²) < 4.78 is 0. The van der Waals surface area contributed by atoms with Crippen molar-refractivity contribution in [1.29, 1.82) is 0 Å². The highest BCUT2D eigenvalue weighted by atomic mass is 32.1. The molecular weight excluding hydrogens is 216 g/mol. The summed E-state index contributed by atoms with van der Waals surface area (Å²) in [5.74, 6) is 0. The van der Waals surface area contributed by atoms with Crippen LogP contribution in [0.2, 0.25) is 0 Å². The molecule has 0 bridgehead atoms. The summed E-state index contributed by atoms with van der Waals surface area (Å²) >= 11 is 1.83. The molecule has 92 valence electrons. The summed E-state index contributed by atoms with van der Waals surface area (Å²) in [5, 5.41) is 4.90. The van der Waals surface area contributed by atoms with E-state index < -0.39 is 0 Å². The van der Waals surface area contributed by atoms with Crippen LogP contribution in [0.15, 0.2) is 0 Å². The highest BCUT2D eigenvalue weighted by Crippen LogP contribution is 2.31. The van der Waals surface area contributed by atoms with E-state index in [1.54, 1.807) is 0 Å². The molecule has 0 spiro atoms. The van der Waals surface area contributed by atoms with Crippen molar-refractivity contribution in [3.63, 3.8) is 0 Å². The normalized spacial score (nSPS) is 15.4. The molecule has 1 aromatic rings. The first kappa shape index (κ1) is 13.7. The van der Waals surface area contributed by atoms with Crippen molar-refractivity contribution in [1.82, 2.24) is 10.3 Å². The van der Waals surface area contributed by atoms with Crippen molar-refractivity contribution in [2.45, 2.75) is 66.0 Å². The van der Waals surface area contributed by atoms with Gasteiger partial charge in [-0.1, -0.05) is 13.3 Å². The predicted molar refractivity (Wildman–Crippen MR) is 72.1 cm³/mol. The highest BCUT2D eigenvalue weighted by molar-refractivity contribution is 7.11. The van der Waals surface area contributed by atoms with Gasteiger partial charge in [0.25, 0.3) is 0 Å². The van der Waals surface area contributed by atoms with Crippen LogP contribution in [-0.2, 0) is 5.54 Å². The van der Waals surface area contributed by atoms with Crippen LogP contribution in [0.1, 0.15) is 56.1 Å². The van der Waals surface area contributed by atoms with Crippen molar-refractivity contribution >= 4 is 11.3 Å². The maximum absolute atomic E-state index is 4.71. The van der Waals surface area contributed by atoms with Gasteiger partial charge in [0.05, 0.1) is 11.2 Å². The Bertz CT molecular complexity index is 324. The first-order valence-electron chi connectivity index (χ1n) is 6.11. The van der Waals surface area contributed by atoms with Crippen LogP contribution in [0.4, 0.5) is 0 Å². The fourth-order valence-electron chi connectivity index (χ4n) is 2.09. The second kappa shape index (κ2) is 5.28. The first-order chi connectivity index (χ1) is 7.39. The molecule has 0 saturated heterocycles. The van der Waals surface area contributed by atoms with Crippen LogP contribution < -0.4 is 5.32 Å². The zero-order chi connectivity index (χ0) is 12.3. The average Bonchev–Trinajstić information content (AvgIpc) is 2.46. The number of thiazole rings is 1. The molecule has 0 amide bonds. The highest BCUT2D eigenvalue weighted by Gasteiger charge is 2.29. The Hall–Kier alpha value is -0.410. The molecule has 16 heavy (non-hydrogen) atoms. The molecule has 0 radical (unpaired) electrons. The van der Waals surface area contributed by atoms with E-state index in [1.807, 2.05) is 11.3 Å². The zero-order valence-corrected chi connectivity index (χ0v) is 12.2. The number of hydrogen-bond acceptors (Lipinski definition) is 3. The third-order valence-electron chi connectivity index (χ3n) is 2.86. The summed E-state index contributed by atoms with van der Waals surface area (Å²) in [6.45, 7) is 13.1. The van der Waals surface area contributed by atoms with Crippen molar-refractivity contribution in [3.8, 4) is 0 Å². The Morgan fingerprint density at radius 2 is 2.00 bits per heavy atom. The molecular formula is C13H24N2S. The predicted octanol–water partition coefficient (Wildman–Crippen LogP) is 3.77. The summed E-state index contributed by atoms with van der Waals surface area (Å²) in [7, 11) is 0. The minimum atomic E-state index is 0.0343. The number of aromatic nitrogens is 1. The minimum Gasteiger partial charge on any atom is -0.303 e. The summed E-state index contributed by atoms with van der Waals surface area (Å²) in [4.78, 5) is 6.05. The van der Waals surface area contributed by atoms with Gasteiger partial charge in [0.15, 0.2) is 0 Å². The molecule has 1 N–H and O–H groups in total. The fourth-order valence-corrected chi connectivity index (χ4v) is 3.14. The second-order valence-corrected chi connectivity index (χ2v) is 6.24. The van der Waals surface area contributed by atoms with Gasteiger partial charge < -0.3 is 5.32 Å². The van der Waals surface area contributed by atoms with Gasteiger partial charge in [-0.25, -0.2) is 4.98 Å². The molecule has 0 aliphatic rings. The minimum absolute atomic E-state index is 0.0343. The molecule has 0 aliphatic heterocycles. The molecule has 0 aliphatic carbocycles. The van der Waals surface area contributed by atoms with Gasteiger partial charge in [-0.05, 0) is 41.0 Å². The molecule has 2 nitrogen and oxygen atoms in total. The van der Waals surface area contributed by atoms with Crippen molar-refractivity contribution < 1.29 is 0 Å². The molecule has 1 unspecified atom stereocenters. The third kappa shape index (κ3) is 3.05. The zero-order valence-electron chi connectivity index (χ0n) is 11.3. The molecule has 0 fully saturated rings. The lowest BCUT2D eigenvalue weighted by molar-refractivity contribution is 0.307. The lowest BCUT2D eigenvalue weighted by Gasteiger charge is -2.31. The van der Waals surface area contributed by atoms with Gasteiger partial charge in [-0.15, -0.1) is 11.3 Å². The fraction of sp³-hybridized carbons (Fsp3) is 0.769. The van der Waals surface area contributed by atoms with Gasteiger partial charge in [-0.3, -0.25) is 0 Å². The Kier molecular flexibility index (Phi) is 4.51. The maximum atomic E-state index is 4.71. The second-order valence-electron chi connectivity index (χ2n) is 5.04.